The number of amides is 1. The van der Waals surface area contributed by atoms with Gasteiger partial charge in [-0.05, 0) is 116 Å². The van der Waals surface area contributed by atoms with E-state index in [0.29, 0.717) is 51.0 Å². The molecule has 3 fully saturated rings. The number of nitrogens with zero attached hydrogens (tertiary/aromatic N) is 5. The minimum absolute atomic E-state index is 0.103. The van der Waals surface area contributed by atoms with Gasteiger partial charge in [0.05, 0.1) is 47.2 Å². The first-order chi connectivity index (χ1) is 37.6. The number of alkyl halides is 1. The first-order valence-corrected chi connectivity index (χ1v) is 28.7. The van der Waals surface area contributed by atoms with Gasteiger partial charge >= 0.3 is 5.97 Å². The Bertz CT molecular complexity index is 2430. The van der Waals surface area contributed by atoms with Crippen molar-refractivity contribution in [1.29, 1.82) is 0 Å². The molecule has 450 valence electrons. The van der Waals surface area contributed by atoms with Crippen LogP contribution in [0.15, 0.2) is 54.7 Å². The molecule has 5 N–H and O–H groups in total. The smallest absolute Gasteiger partial charge is 0.311 e. The number of rotatable bonds is 18. The zero-order valence-electron chi connectivity index (χ0n) is 50.1. The molecule has 20 heteroatoms. The van der Waals surface area contributed by atoms with Gasteiger partial charge in [-0.15, -0.1) is 5.10 Å². The van der Waals surface area contributed by atoms with E-state index in [4.69, 9.17) is 33.2 Å². The summed E-state index contributed by atoms with van der Waals surface area (Å²) in [6.07, 6.45) is -5.23. The van der Waals surface area contributed by atoms with Gasteiger partial charge in [0.25, 0.3) is 0 Å². The molecule has 0 radical (unpaired) electrons. The Labute approximate surface area is 474 Å². The number of benzene rings is 2. The van der Waals surface area contributed by atoms with Crippen LogP contribution in [0, 0.1) is 17.8 Å². The number of aliphatic hydroxyl groups excluding tert-OH is 2. The summed E-state index contributed by atoms with van der Waals surface area (Å²) in [7, 11) is 6.92. The van der Waals surface area contributed by atoms with Crippen LogP contribution in [0.25, 0.3) is 11.1 Å². The van der Waals surface area contributed by atoms with Crippen LogP contribution in [0.3, 0.4) is 0 Å². The molecule has 3 aliphatic heterocycles. The Morgan fingerprint density at radius 3 is 2.30 bits per heavy atom. The van der Waals surface area contributed by atoms with E-state index < -0.39 is 115 Å². The van der Waals surface area contributed by atoms with E-state index >= 15 is 4.39 Å². The zero-order chi connectivity index (χ0) is 59.0. The summed E-state index contributed by atoms with van der Waals surface area (Å²) < 4.78 is 61.3. The number of likely N-dealkylation sites (N-methyl/N-ethyl adjacent to an activating group) is 2. The van der Waals surface area contributed by atoms with Crippen molar-refractivity contribution in [2.45, 2.75) is 218 Å². The number of aliphatic hydroxyl groups is 4. The number of cyclic esters (lactones) is 1. The van der Waals surface area contributed by atoms with Crippen molar-refractivity contribution in [2.75, 3.05) is 48.1 Å². The molecule has 80 heavy (non-hydrogen) atoms. The number of aromatic nitrogens is 3. The number of hydrogen-bond donors (Lipinski definition) is 5. The first-order valence-electron chi connectivity index (χ1n) is 28.7. The average Bonchev–Trinajstić information content (AvgIpc) is 3.90. The van der Waals surface area contributed by atoms with Crippen LogP contribution in [0.4, 0.5) is 4.39 Å². The second-order valence-electron chi connectivity index (χ2n) is 24.2. The molecule has 3 saturated heterocycles. The second kappa shape index (κ2) is 28.0. The fourth-order valence-electron chi connectivity index (χ4n) is 12.5. The molecule has 1 amide bonds. The van der Waals surface area contributed by atoms with Crippen molar-refractivity contribution in [3.63, 3.8) is 0 Å². The summed E-state index contributed by atoms with van der Waals surface area (Å²) in [5.74, 6) is -2.79. The summed E-state index contributed by atoms with van der Waals surface area (Å²) in [5, 5.41) is 60.5. The lowest BCUT2D eigenvalue weighted by atomic mass is 9.77. The Hall–Kier alpha value is -4.03. The Kier molecular flexibility index (Phi) is 22.8. The fourth-order valence-corrected chi connectivity index (χ4v) is 12.5. The first kappa shape index (κ1) is 65.1. The minimum Gasteiger partial charge on any atom is -0.459 e. The topological polar surface area (TPSA) is 229 Å². The fraction of sp³-hybridized carbons (Fsp3) is 0.733. The largest absolute Gasteiger partial charge is 0.459 e. The Balaban J connectivity index is 1.22. The number of esters is 1. The van der Waals surface area contributed by atoms with Crippen LogP contribution in [0.1, 0.15) is 137 Å². The van der Waals surface area contributed by atoms with E-state index in [1.165, 1.54) is 25.6 Å². The maximum absolute atomic E-state index is 15.1. The predicted molar refractivity (Wildman–Crippen MR) is 300 cm³/mol. The van der Waals surface area contributed by atoms with Crippen molar-refractivity contribution in [3.8, 4) is 11.1 Å². The maximum Gasteiger partial charge on any atom is 0.311 e. The normalized spacial score (nSPS) is 36.1. The molecule has 6 rings (SSSR count). The third kappa shape index (κ3) is 16.0. The highest BCUT2D eigenvalue weighted by atomic mass is 19.1. The van der Waals surface area contributed by atoms with Crippen molar-refractivity contribution >= 4 is 11.9 Å². The van der Waals surface area contributed by atoms with Gasteiger partial charge in [0.2, 0.25) is 5.91 Å². The lowest BCUT2D eigenvalue weighted by Crippen LogP contribution is -2.60. The van der Waals surface area contributed by atoms with E-state index in [9.17, 15) is 30.0 Å². The quantitative estimate of drug-likeness (QED) is 0.0876. The molecule has 2 aromatic carbocycles. The summed E-state index contributed by atoms with van der Waals surface area (Å²) in [6, 6.07) is 13.8. The highest BCUT2D eigenvalue weighted by Crippen LogP contribution is 2.41. The number of carbonyl (C=O) groups excluding carboxylic acids is 2. The predicted octanol–water partition coefficient (Wildman–Crippen LogP) is 6.34. The number of halogens is 1. The number of nitrogens with one attached hydrogen (secondary N) is 1. The standard InChI is InChI=1S/C60H95FN6O13/c1-16-49-60(11,73)54(70)40(7)66(13)33-35(2)28-59(10,72)55(38(5)52(39(6)56(71)78-49)79-50-30-58(9,75-15)29-37(4)76-50)80-57-51(69)47(26-36(3)77-57)65(12)25-24-46-34-67(64-63-46)48(31-61)53(74-14)44-22-20-43(21-23-44)45-19-17-18-42(27-45)32-62-41(8)68/h17-23,27,34-40,47-55,57,69-70,72-73H,16,24-26,28-33H2,1-15H3,(H,62,68)/t35-,36-,37+,38+,39-,40-,47+,48-,49-,50+,51-,52+,53-,54-,55-,57+,58+,59-,60-/m1/s1. The van der Waals surface area contributed by atoms with Crippen molar-refractivity contribution in [3.05, 3.63) is 71.5 Å². The van der Waals surface area contributed by atoms with Crippen LogP contribution >= 0.6 is 0 Å². The molecule has 0 spiro atoms. The molecule has 0 unspecified atom stereocenters. The van der Waals surface area contributed by atoms with E-state index in [1.54, 1.807) is 41.0 Å². The van der Waals surface area contributed by atoms with Gasteiger partial charge in [-0.1, -0.05) is 68.4 Å². The highest BCUT2D eigenvalue weighted by molar-refractivity contribution is 5.73. The minimum atomic E-state index is -1.83. The Morgan fingerprint density at radius 2 is 1.66 bits per heavy atom. The van der Waals surface area contributed by atoms with Crippen molar-refractivity contribution in [1.82, 2.24) is 30.1 Å². The van der Waals surface area contributed by atoms with Gasteiger partial charge in [-0.25, -0.2) is 9.07 Å². The maximum atomic E-state index is 15.1. The molecular formula is C60H95FN6O13. The van der Waals surface area contributed by atoms with E-state index in [2.05, 4.69) is 15.6 Å². The third-order valence-electron chi connectivity index (χ3n) is 17.3. The molecule has 3 aromatic rings. The molecule has 3 aliphatic rings. The molecular weight excluding hydrogens is 1030 g/mol. The van der Waals surface area contributed by atoms with Gasteiger partial charge in [0.15, 0.2) is 12.6 Å². The van der Waals surface area contributed by atoms with Crippen molar-refractivity contribution in [2.24, 2.45) is 17.8 Å². The number of hydrogen-bond acceptors (Lipinski definition) is 17. The molecule has 19 atom stereocenters. The van der Waals surface area contributed by atoms with E-state index in [-0.39, 0.29) is 30.8 Å². The summed E-state index contributed by atoms with van der Waals surface area (Å²) in [4.78, 5) is 30.0. The Morgan fingerprint density at radius 1 is 0.963 bits per heavy atom. The summed E-state index contributed by atoms with van der Waals surface area (Å²) >= 11 is 0. The van der Waals surface area contributed by atoms with Crippen LogP contribution in [0.2, 0.25) is 0 Å². The van der Waals surface area contributed by atoms with Gasteiger partial charge in [-0.3, -0.25) is 9.59 Å². The zero-order valence-corrected chi connectivity index (χ0v) is 50.1. The summed E-state index contributed by atoms with van der Waals surface area (Å²) in [6.45, 7) is 20.1. The third-order valence-corrected chi connectivity index (χ3v) is 17.3. The van der Waals surface area contributed by atoms with Crippen LogP contribution in [-0.4, -0.2) is 189 Å². The van der Waals surface area contributed by atoms with E-state index in [0.717, 1.165) is 22.3 Å². The second-order valence-corrected chi connectivity index (χ2v) is 24.2. The number of ether oxygens (including phenoxy) is 7. The summed E-state index contributed by atoms with van der Waals surface area (Å²) in [5.41, 5.74) is 0.216. The lowest BCUT2D eigenvalue weighted by molar-refractivity contribution is -0.310. The molecule has 1 aromatic heterocycles. The lowest BCUT2D eigenvalue weighted by Gasteiger charge is -2.48. The number of carbonyl (C=O) groups is 2. The van der Waals surface area contributed by atoms with Gasteiger partial charge in [-0.2, -0.15) is 0 Å². The monoisotopic (exact) mass is 1130 g/mol. The van der Waals surface area contributed by atoms with Gasteiger partial charge < -0.3 is 68.7 Å². The van der Waals surface area contributed by atoms with E-state index in [1.807, 2.05) is 107 Å². The number of methoxy groups -OCH3 is 2. The van der Waals surface area contributed by atoms with Crippen molar-refractivity contribution < 1.29 is 67.6 Å². The molecule has 19 nitrogen and oxygen atoms in total. The molecule has 0 saturated carbocycles. The van der Waals surface area contributed by atoms with Gasteiger partial charge in [0, 0.05) is 84.2 Å². The van der Waals surface area contributed by atoms with Crippen LogP contribution in [0.5, 0.6) is 0 Å². The van der Waals surface area contributed by atoms with Gasteiger partial charge in [0.1, 0.15) is 42.7 Å². The van der Waals surface area contributed by atoms with Crippen LogP contribution in [-0.2, 0) is 55.7 Å². The molecule has 0 aliphatic carbocycles. The average molecular weight is 1130 g/mol. The highest BCUT2D eigenvalue weighted by Gasteiger charge is 2.52. The molecule has 0 bridgehead atoms. The SMILES string of the molecule is CC[C@H]1OC(=O)[C@H](C)[C@@H](O[C@H]2C[C@@](C)(OC)C[C@H](C)O2)[C@H](C)[C@@H](O[C@@H]2O[C@H](C)C[C@H](N(C)CCc3cn([C@H](CF)[C@H](OC)c4ccc(-c5cccc(CNC(C)=O)c5)cc4)nn3)[C@H]2O)[C@](C)(O)C[C@@H](C)CN(C)[C@H](C)[C@@H](O)[C@]1(C)O. The van der Waals surface area contributed by atoms with Crippen LogP contribution < -0.4 is 5.32 Å². The molecule has 4 heterocycles.